The molecule has 2 saturated heterocycles. The van der Waals surface area contributed by atoms with Crippen LogP contribution in [0.4, 0.5) is 0 Å². The van der Waals surface area contributed by atoms with Gasteiger partial charge >= 0.3 is 0 Å². The van der Waals surface area contributed by atoms with Gasteiger partial charge in [-0.3, -0.25) is 0 Å². The Morgan fingerprint density at radius 3 is 2.33 bits per heavy atom. The summed E-state index contributed by atoms with van der Waals surface area (Å²) in [5.41, 5.74) is 11.5. The molecular formula is C11H22N2O8. The average molecular weight is 310 g/mol. The van der Waals surface area contributed by atoms with Gasteiger partial charge in [-0.25, -0.2) is 0 Å². The maximum absolute atomic E-state index is 9.87. The second-order valence-corrected chi connectivity index (χ2v) is 5.26. The second kappa shape index (κ2) is 6.79. The topological polar surface area (TPSA) is 181 Å². The molecule has 0 amide bonds. The van der Waals surface area contributed by atoms with Crippen LogP contribution in [0.1, 0.15) is 0 Å². The molecule has 2 rings (SSSR count). The molecule has 2 aliphatic rings. The maximum Gasteiger partial charge on any atom is 0.187 e. The Morgan fingerprint density at radius 1 is 1.05 bits per heavy atom. The fourth-order valence-electron chi connectivity index (χ4n) is 2.39. The number of aliphatic hydroxyl groups is 5. The normalized spacial score (nSPS) is 51.9. The zero-order valence-corrected chi connectivity index (χ0v) is 11.2. The van der Waals surface area contributed by atoms with E-state index >= 15 is 0 Å². The van der Waals surface area contributed by atoms with Gasteiger partial charge in [-0.15, -0.1) is 0 Å². The third-order valence-electron chi connectivity index (χ3n) is 3.73. The molecule has 0 aromatic carbocycles. The van der Waals surface area contributed by atoms with E-state index in [4.69, 9.17) is 30.8 Å². The Balaban J connectivity index is 2.06. The van der Waals surface area contributed by atoms with Crippen LogP contribution in [0.25, 0.3) is 0 Å². The smallest absolute Gasteiger partial charge is 0.187 e. The first-order valence-corrected chi connectivity index (χ1v) is 6.63. The standard InChI is InChI=1S/C11H22N2O8/c12-3-2-19-10(18)5(13)9(3)21-11-8(17)7(16)6(15)4(1-14)20-11/h3-11,14-18H,1-2,12-13H2/t3-,4-,5-,6+,7+,8-,9+,10-,11+/m1/s1. The average Bonchev–Trinajstić information content (AvgIpc) is 2.47. The van der Waals surface area contributed by atoms with Gasteiger partial charge < -0.3 is 51.2 Å². The van der Waals surface area contributed by atoms with Gasteiger partial charge in [0, 0.05) is 0 Å². The van der Waals surface area contributed by atoms with Crippen LogP contribution in [-0.2, 0) is 14.2 Å². The minimum Gasteiger partial charge on any atom is -0.394 e. The number of aliphatic hydroxyl groups excluding tert-OH is 5. The van der Waals surface area contributed by atoms with E-state index in [0.29, 0.717) is 0 Å². The molecule has 0 aromatic heterocycles. The molecule has 0 unspecified atom stereocenters. The summed E-state index contributed by atoms with van der Waals surface area (Å²) < 4.78 is 15.6. The van der Waals surface area contributed by atoms with Gasteiger partial charge in [0.25, 0.3) is 0 Å². The van der Waals surface area contributed by atoms with Crippen LogP contribution >= 0.6 is 0 Å². The lowest BCUT2D eigenvalue weighted by atomic mass is 9.98. The van der Waals surface area contributed by atoms with Gasteiger partial charge in [-0.1, -0.05) is 0 Å². The lowest BCUT2D eigenvalue weighted by Gasteiger charge is -2.44. The SMILES string of the molecule is N[C@@H]1[C@@H](O[C@@H]2O[C@H](CO)[C@H](O)[C@H](O)[C@H]2O)[C@H](N)CO[C@H]1O. The van der Waals surface area contributed by atoms with Crippen molar-refractivity contribution in [2.75, 3.05) is 13.2 Å². The van der Waals surface area contributed by atoms with Crippen LogP contribution in [-0.4, -0.2) is 93.9 Å². The van der Waals surface area contributed by atoms with E-state index in [1.165, 1.54) is 0 Å². The third-order valence-corrected chi connectivity index (χ3v) is 3.73. The predicted molar refractivity (Wildman–Crippen MR) is 66.5 cm³/mol. The molecule has 0 spiro atoms. The highest BCUT2D eigenvalue weighted by molar-refractivity contribution is 4.93. The lowest BCUT2D eigenvalue weighted by molar-refractivity contribution is -0.323. The van der Waals surface area contributed by atoms with E-state index in [2.05, 4.69) is 0 Å². The van der Waals surface area contributed by atoms with Crippen molar-refractivity contribution in [2.45, 2.75) is 55.2 Å². The van der Waals surface area contributed by atoms with Crippen LogP contribution in [0.15, 0.2) is 0 Å². The van der Waals surface area contributed by atoms with E-state index in [1.54, 1.807) is 0 Å². The summed E-state index contributed by atoms with van der Waals surface area (Å²) in [5.74, 6) is 0. The highest BCUT2D eigenvalue weighted by Crippen LogP contribution is 2.25. The van der Waals surface area contributed by atoms with Crippen molar-refractivity contribution in [3.8, 4) is 0 Å². The Hall–Kier alpha value is -0.400. The monoisotopic (exact) mass is 310 g/mol. The van der Waals surface area contributed by atoms with Crippen molar-refractivity contribution >= 4 is 0 Å². The van der Waals surface area contributed by atoms with Gasteiger partial charge in [0.05, 0.1) is 31.4 Å². The second-order valence-electron chi connectivity index (χ2n) is 5.26. The Morgan fingerprint density at radius 2 is 1.71 bits per heavy atom. The summed E-state index contributed by atoms with van der Waals surface area (Å²) >= 11 is 0. The zero-order chi connectivity index (χ0) is 15.7. The van der Waals surface area contributed by atoms with E-state index in [-0.39, 0.29) is 6.61 Å². The summed E-state index contributed by atoms with van der Waals surface area (Å²) in [6.45, 7) is -0.573. The molecular weight excluding hydrogens is 288 g/mol. The van der Waals surface area contributed by atoms with Crippen molar-refractivity contribution < 1.29 is 39.7 Å². The molecule has 0 aliphatic carbocycles. The summed E-state index contributed by atoms with van der Waals surface area (Å²) in [6, 6.07) is -1.64. The quantitative estimate of drug-likeness (QED) is 0.267. The van der Waals surface area contributed by atoms with Crippen LogP contribution in [0, 0.1) is 0 Å². The number of hydrogen-bond donors (Lipinski definition) is 7. The third kappa shape index (κ3) is 3.35. The van der Waals surface area contributed by atoms with Crippen LogP contribution in [0.5, 0.6) is 0 Å². The van der Waals surface area contributed by atoms with E-state index in [0.717, 1.165) is 0 Å². The number of hydrogen-bond acceptors (Lipinski definition) is 10. The fourth-order valence-corrected chi connectivity index (χ4v) is 2.39. The Kier molecular flexibility index (Phi) is 5.48. The summed E-state index contributed by atoms with van der Waals surface area (Å²) in [4.78, 5) is 0. The van der Waals surface area contributed by atoms with Gasteiger partial charge in [0.2, 0.25) is 0 Å². The molecule has 21 heavy (non-hydrogen) atoms. The molecule has 0 aromatic rings. The van der Waals surface area contributed by atoms with E-state index < -0.39 is 61.8 Å². The van der Waals surface area contributed by atoms with Gasteiger partial charge in [-0.05, 0) is 0 Å². The summed E-state index contributed by atoms with van der Waals surface area (Å²) in [6.07, 6.45) is -9.21. The van der Waals surface area contributed by atoms with Crippen LogP contribution in [0.3, 0.4) is 0 Å². The molecule has 0 bridgehead atoms. The van der Waals surface area contributed by atoms with Crippen molar-refractivity contribution in [3.05, 3.63) is 0 Å². The summed E-state index contributed by atoms with van der Waals surface area (Å²) in [7, 11) is 0. The molecule has 9 atom stereocenters. The highest BCUT2D eigenvalue weighted by Gasteiger charge is 2.47. The summed E-state index contributed by atoms with van der Waals surface area (Å²) in [5, 5.41) is 47.8. The largest absolute Gasteiger partial charge is 0.394 e. The molecule has 2 fully saturated rings. The number of ether oxygens (including phenoxy) is 3. The maximum atomic E-state index is 9.87. The Labute approximate surface area is 120 Å². The van der Waals surface area contributed by atoms with Gasteiger partial charge in [0.15, 0.2) is 12.6 Å². The zero-order valence-electron chi connectivity index (χ0n) is 11.2. The van der Waals surface area contributed by atoms with Crippen LogP contribution < -0.4 is 11.5 Å². The fraction of sp³-hybridized carbons (Fsp3) is 1.00. The minimum absolute atomic E-state index is 0.00302. The molecule has 10 heteroatoms. The number of nitrogens with two attached hydrogens (primary N) is 2. The predicted octanol–water partition coefficient (Wildman–Crippen LogP) is -4.83. The van der Waals surface area contributed by atoms with E-state index in [1.807, 2.05) is 0 Å². The van der Waals surface area contributed by atoms with Crippen molar-refractivity contribution in [2.24, 2.45) is 11.5 Å². The van der Waals surface area contributed by atoms with Crippen molar-refractivity contribution in [3.63, 3.8) is 0 Å². The first-order valence-electron chi connectivity index (χ1n) is 6.63. The lowest BCUT2D eigenvalue weighted by Crippen LogP contribution is -2.65. The van der Waals surface area contributed by atoms with Gasteiger partial charge in [0.1, 0.15) is 24.4 Å². The molecule has 9 N–H and O–H groups in total. The van der Waals surface area contributed by atoms with Gasteiger partial charge in [-0.2, -0.15) is 0 Å². The van der Waals surface area contributed by atoms with E-state index in [9.17, 15) is 20.4 Å². The molecule has 124 valence electrons. The van der Waals surface area contributed by atoms with Crippen molar-refractivity contribution in [1.29, 1.82) is 0 Å². The van der Waals surface area contributed by atoms with Crippen molar-refractivity contribution in [1.82, 2.24) is 0 Å². The molecule has 10 nitrogen and oxygen atoms in total. The molecule has 0 saturated carbocycles. The molecule has 2 aliphatic heterocycles. The Bertz CT molecular complexity index is 346. The highest BCUT2D eigenvalue weighted by atomic mass is 16.7. The number of rotatable bonds is 3. The van der Waals surface area contributed by atoms with Crippen LogP contribution in [0.2, 0.25) is 0 Å². The molecule has 2 heterocycles. The first kappa shape index (κ1) is 17.0. The molecule has 0 radical (unpaired) electrons. The first-order chi connectivity index (χ1) is 9.86. The minimum atomic E-state index is -1.56.